The lowest BCUT2D eigenvalue weighted by molar-refractivity contribution is 0.625. The summed E-state index contributed by atoms with van der Waals surface area (Å²) in [6.45, 7) is 4.00. The van der Waals surface area contributed by atoms with Crippen LogP contribution in [0.4, 0.5) is 4.39 Å². The molecular weight excluding hydrogens is 117 g/mol. The molecule has 0 bridgehead atoms. The third-order valence-electron chi connectivity index (χ3n) is 0.640. The van der Waals surface area contributed by atoms with E-state index in [0.29, 0.717) is 0 Å². The molecule has 0 saturated carbocycles. The summed E-state index contributed by atoms with van der Waals surface area (Å²) in [5, 5.41) is 0. The van der Waals surface area contributed by atoms with E-state index in [2.05, 4.69) is 4.98 Å². The van der Waals surface area contributed by atoms with Gasteiger partial charge in [-0.15, -0.1) is 0 Å². The molecule has 0 atom stereocenters. The quantitative estimate of drug-likeness (QED) is 0.520. The highest BCUT2D eigenvalue weighted by Gasteiger charge is 1.78. The summed E-state index contributed by atoms with van der Waals surface area (Å²) in [4.78, 5) is 3.61. The van der Waals surface area contributed by atoms with Gasteiger partial charge in [0.15, 0.2) is 0 Å². The molecule has 2 heteroatoms. The van der Waals surface area contributed by atoms with Crippen LogP contribution in [-0.4, -0.2) is 4.98 Å². The van der Waals surface area contributed by atoms with Gasteiger partial charge in [-0.05, 0) is 12.1 Å². The first-order valence-electron chi connectivity index (χ1n) is 2.95. The molecule has 0 aliphatic heterocycles. The third kappa shape index (κ3) is 3.64. The van der Waals surface area contributed by atoms with Crippen molar-refractivity contribution in [3.8, 4) is 0 Å². The van der Waals surface area contributed by atoms with Crippen LogP contribution >= 0.6 is 0 Å². The molecule has 1 heterocycles. The molecule has 0 amide bonds. The van der Waals surface area contributed by atoms with Crippen molar-refractivity contribution < 1.29 is 4.39 Å². The highest BCUT2D eigenvalue weighted by Crippen LogP contribution is 1.88. The number of rotatable bonds is 0. The molecule has 0 aromatic carbocycles. The van der Waals surface area contributed by atoms with Gasteiger partial charge < -0.3 is 0 Å². The summed E-state index contributed by atoms with van der Waals surface area (Å²) in [5.74, 6) is -0.241. The molecule has 0 fully saturated rings. The van der Waals surface area contributed by atoms with Crippen LogP contribution in [0.3, 0.4) is 0 Å². The maximum atomic E-state index is 11.9. The molecule has 0 spiro atoms. The van der Waals surface area contributed by atoms with Crippen molar-refractivity contribution in [2.45, 2.75) is 13.8 Å². The van der Waals surface area contributed by atoms with Crippen LogP contribution in [-0.2, 0) is 0 Å². The second-order valence-corrected chi connectivity index (χ2v) is 1.17. The van der Waals surface area contributed by atoms with Crippen LogP contribution < -0.4 is 0 Å². The Hall–Kier alpha value is -0.920. The molecule has 9 heavy (non-hydrogen) atoms. The van der Waals surface area contributed by atoms with Crippen molar-refractivity contribution in [3.05, 3.63) is 30.3 Å². The minimum absolute atomic E-state index is 0.241. The third-order valence-corrected chi connectivity index (χ3v) is 0.640. The topological polar surface area (TPSA) is 12.9 Å². The van der Waals surface area contributed by atoms with Crippen molar-refractivity contribution in [3.63, 3.8) is 0 Å². The number of pyridine rings is 1. The van der Waals surface area contributed by atoms with E-state index in [1.165, 1.54) is 24.5 Å². The van der Waals surface area contributed by atoms with E-state index < -0.39 is 0 Å². The molecular formula is C7H10FN. The first kappa shape index (κ1) is 8.08. The van der Waals surface area contributed by atoms with Gasteiger partial charge in [-0.25, -0.2) is 4.39 Å². The van der Waals surface area contributed by atoms with Crippen molar-refractivity contribution in [1.29, 1.82) is 0 Å². The van der Waals surface area contributed by atoms with Crippen LogP contribution in [0.2, 0.25) is 0 Å². The minimum atomic E-state index is -0.241. The molecule has 0 unspecified atom stereocenters. The number of nitrogens with zero attached hydrogens (tertiary/aromatic N) is 1. The Morgan fingerprint density at radius 3 is 1.89 bits per heavy atom. The number of hydrogen-bond donors (Lipinski definition) is 0. The number of hydrogen-bond acceptors (Lipinski definition) is 1. The van der Waals surface area contributed by atoms with Gasteiger partial charge in [0.2, 0.25) is 0 Å². The molecule has 1 rings (SSSR count). The average Bonchev–Trinajstić information content (AvgIpc) is 1.94. The summed E-state index contributed by atoms with van der Waals surface area (Å²) in [7, 11) is 0. The Morgan fingerprint density at radius 1 is 1.22 bits per heavy atom. The fourth-order valence-corrected chi connectivity index (χ4v) is 0.334. The highest BCUT2D eigenvalue weighted by molar-refractivity contribution is 4.92. The molecule has 0 aliphatic carbocycles. The van der Waals surface area contributed by atoms with Gasteiger partial charge in [0.1, 0.15) is 5.82 Å². The lowest BCUT2D eigenvalue weighted by Gasteiger charge is -1.78. The lowest BCUT2D eigenvalue weighted by atomic mass is 10.5. The molecule has 0 aliphatic rings. The van der Waals surface area contributed by atoms with E-state index in [9.17, 15) is 4.39 Å². The summed E-state index contributed by atoms with van der Waals surface area (Å²) in [5.41, 5.74) is 0. The van der Waals surface area contributed by atoms with Gasteiger partial charge in [0.25, 0.3) is 0 Å². The molecule has 0 N–H and O–H groups in total. The van der Waals surface area contributed by atoms with E-state index in [1.54, 1.807) is 0 Å². The predicted octanol–water partition coefficient (Wildman–Crippen LogP) is 2.25. The molecule has 1 aromatic heterocycles. The minimum Gasteiger partial charge on any atom is -0.265 e. The van der Waals surface area contributed by atoms with Crippen LogP contribution in [0.5, 0.6) is 0 Å². The van der Waals surface area contributed by atoms with Crippen LogP contribution in [0.15, 0.2) is 24.5 Å². The van der Waals surface area contributed by atoms with Crippen molar-refractivity contribution in [2.24, 2.45) is 0 Å². The Kier molecular flexibility index (Phi) is 4.69. The SMILES string of the molecule is CC.Fc1ccncc1. The lowest BCUT2D eigenvalue weighted by Crippen LogP contribution is -1.69. The van der Waals surface area contributed by atoms with Gasteiger partial charge in [0, 0.05) is 12.4 Å². The summed E-state index contributed by atoms with van der Waals surface area (Å²) in [6, 6.07) is 2.61. The standard InChI is InChI=1S/C5H4FN.C2H6/c6-5-1-3-7-4-2-5;1-2/h1-4H;1-2H3. The first-order valence-corrected chi connectivity index (χ1v) is 2.95. The number of halogens is 1. The predicted molar refractivity (Wildman–Crippen MR) is 35.5 cm³/mol. The molecule has 1 nitrogen and oxygen atoms in total. The Bertz CT molecular complexity index is 139. The highest BCUT2D eigenvalue weighted by atomic mass is 19.1. The number of aromatic nitrogens is 1. The van der Waals surface area contributed by atoms with E-state index in [4.69, 9.17) is 0 Å². The zero-order valence-corrected chi connectivity index (χ0v) is 5.63. The Balaban J connectivity index is 0.000000291. The van der Waals surface area contributed by atoms with Crippen LogP contribution in [0.1, 0.15) is 13.8 Å². The first-order chi connectivity index (χ1) is 4.39. The fourth-order valence-electron chi connectivity index (χ4n) is 0.334. The van der Waals surface area contributed by atoms with Gasteiger partial charge in [-0.2, -0.15) is 0 Å². The summed E-state index contributed by atoms with van der Waals surface area (Å²) < 4.78 is 11.9. The van der Waals surface area contributed by atoms with E-state index in [1.807, 2.05) is 13.8 Å². The second-order valence-electron chi connectivity index (χ2n) is 1.17. The van der Waals surface area contributed by atoms with Gasteiger partial charge in [-0.3, -0.25) is 4.98 Å². The van der Waals surface area contributed by atoms with Crippen LogP contribution in [0, 0.1) is 5.82 Å². The van der Waals surface area contributed by atoms with Crippen molar-refractivity contribution in [2.75, 3.05) is 0 Å². The zero-order chi connectivity index (χ0) is 7.11. The average molecular weight is 127 g/mol. The smallest absolute Gasteiger partial charge is 0.126 e. The van der Waals surface area contributed by atoms with Gasteiger partial charge >= 0.3 is 0 Å². The van der Waals surface area contributed by atoms with Gasteiger partial charge in [0.05, 0.1) is 0 Å². The Labute approximate surface area is 54.6 Å². The maximum absolute atomic E-state index is 11.9. The zero-order valence-electron chi connectivity index (χ0n) is 5.63. The van der Waals surface area contributed by atoms with Crippen LogP contribution in [0.25, 0.3) is 0 Å². The largest absolute Gasteiger partial charge is 0.265 e. The second kappa shape index (κ2) is 5.22. The monoisotopic (exact) mass is 127 g/mol. The molecule has 1 aromatic rings. The van der Waals surface area contributed by atoms with E-state index >= 15 is 0 Å². The van der Waals surface area contributed by atoms with Crippen molar-refractivity contribution in [1.82, 2.24) is 4.98 Å². The molecule has 0 saturated heterocycles. The fraction of sp³-hybridized carbons (Fsp3) is 0.286. The summed E-state index contributed by atoms with van der Waals surface area (Å²) in [6.07, 6.45) is 2.82. The normalized spacial score (nSPS) is 7.44. The summed E-state index contributed by atoms with van der Waals surface area (Å²) >= 11 is 0. The molecule has 50 valence electrons. The van der Waals surface area contributed by atoms with Gasteiger partial charge in [-0.1, -0.05) is 13.8 Å². The molecule has 0 radical (unpaired) electrons. The Morgan fingerprint density at radius 2 is 1.67 bits per heavy atom. The van der Waals surface area contributed by atoms with E-state index in [0.717, 1.165) is 0 Å². The maximum Gasteiger partial charge on any atom is 0.126 e. The van der Waals surface area contributed by atoms with E-state index in [-0.39, 0.29) is 5.82 Å². The van der Waals surface area contributed by atoms with Crippen molar-refractivity contribution >= 4 is 0 Å².